The van der Waals surface area contributed by atoms with Crippen LogP contribution >= 0.6 is 0 Å². The Hall–Kier alpha value is -0.610. The molecule has 0 aromatic carbocycles. The second-order valence-corrected chi connectivity index (χ2v) is 5.74. The minimum absolute atomic E-state index is 0.150. The second kappa shape index (κ2) is 6.36. The molecule has 1 aliphatic rings. The molecule has 4 nitrogen and oxygen atoms in total. The molecule has 0 spiro atoms. The van der Waals surface area contributed by atoms with Crippen molar-refractivity contribution in [1.82, 2.24) is 9.80 Å². The molecule has 1 fully saturated rings. The highest BCUT2D eigenvalue weighted by atomic mass is 16.4. The minimum atomic E-state index is -0.689. The number of rotatable bonds is 4. The van der Waals surface area contributed by atoms with Crippen LogP contribution in [-0.2, 0) is 4.79 Å². The molecule has 0 amide bonds. The lowest BCUT2D eigenvalue weighted by molar-refractivity contribution is -0.138. The predicted octanol–water partition coefficient (Wildman–Crippen LogP) is 1.51. The van der Waals surface area contributed by atoms with Gasteiger partial charge in [0.1, 0.15) is 0 Å². The van der Waals surface area contributed by atoms with Crippen LogP contribution in [0, 0.1) is 5.92 Å². The first-order valence-electron chi connectivity index (χ1n) is 6.56. The highest BCUT2D eigenvalue weighted by molar-refractivity contribution is 5.67. The summed E-state index contributed by atoms with van der Waals surface area (Å²) in [5, 5.41) is 9.04. The monoisotopic (exact) mass is 242 g/mol. The lowest BCUT2D eigenvalue weighted by Gasteiger charge is -2.35. The van der Waals surface area contributed by atoms with Crippen molar-refractivity contribution in [1.29, 1.82) is 0 Å². The van der Waals surface area contributed by atoms with Crippen molar-refractivity contribution >= 4 is 5.97 Å². The molecule has 0 aromatic heterocycles. The van der Waals surface area contributed by atoms with E-state index in [0.29, 0.717) is 12.0 Å². The summed E-state index contributed by atoms with van der Waals surface area (Å²) >= 11 is 0. The summed E-state index contributed by atoms with van der Waals surface area (Å²) in [5.74, 6) is -0.108. The van der Waals surface area contributed by atoms with Gasteiger partial charge in [0.15, 0.2) is 0 Å². The van der Waals surface area contributed by atoms with Crippen LogP contribution in [0.25, 0.3) is 0 Å². The fraction of sp³-hybridized carbons (Fsp3) is 0.923. The largest absolute Gasteiger partial charge is 0.481 e. The maximum Gasteiger partial charge on any atom is 0.304 e. The average Bonchev–Trinajstić information content (AvgIpc) is 2.30. The molecule has 1 rings (SSSR count). The Morgan fingerprint density at radius 3 is 2.65 bits per heavy atom. The third kappa shape index (κ3) is 4.64. The maximum absolute atomic E-state index is 11.0. The molecule has 2 unspecified atom stereocenters. The number of nitrogens with zero attached hydrogens (tertiary/aromatic N) is 2. The van der Waals surface area contributed by atoms with Crippen LogP contribution in [0.5, 0.6) is 0 Å². The van der Waals surface area contributed by atoms with Gasteiger partial charge in [-0.25, -0.2) is 0 Å². The molecule has 0 radical (unpaired) electrons. The lowest BCUT2D eigenvalue weighted by atomic mass is 10.1. The summed E-state index contributed by atoms with van der Waals surface area (Å²) in [6.07, 6.45) is 1.38. The molecule has 1 heterocycles. The number of likely N-dealkylation sites (N-methyl/N-ethyl adjacent to an activating group) is 1. The zero-order valence-electron chi connectivity index (χ0n) is 11.5. The van der Waals surface area contributed by atoms with Gasteiger partial charge in [-0.15, -0.1) is 0 Å². The van der Waals surface area contributed by atoms with E-state index in [0.717, 1.165) is 26.1 Å². The normalized spacial score (nSPS) is 28.3. The minimum Gasteiger partial charge on any atom is -0.481 e. The molecular weight excluding hydrogens is 216 g/mol. The van der Waals surface area contributed by atoms with E-state index in [1.54, 1.807) is 0 Å². The Morgan fingerprint density at radius 2 is 2.12 bits per heavy atom. The van der Waals surface area contributed by atoms with Gasteiger partial charge in [-0.3, -0.25) is 9.69 Å². The van der Waals surface area contributed by atoms with Gasteiger partial charge in [0.05, 0.1) is 6.42 Å². The first-order valence-corrected chi connectivity index (χ1v) is 6.56. The zero-order chi connectivity index (χ0) is 13.0. The van der Waals surface area contributed by atoms with Crippen LogP contribution in [0.2, 0.25) is 0 Å². The van der Waals surface area contributed by atoms with Crippen molar-refractivity contribution in [3.63, 3.8) is 0 Å². The third-order valence-corrected chi connectivity index (χ3v) is 3.47. The molecule has 1 aliphatic heterocycles. The van der Waals surface area contributed by atoms with Crippen molar-refractivity contribution in [3.05, 3.63) is 0 Å². The highest BCUT2D eigenvalue weighted by Crippen LogP contribution is 2.19. The fourth-order valence-electron chi connectivity index (χ4n) is 2.62. The first kappa shape index (κ1) is 14.5. The van der Waals surface area contributed by atoms with E-state index in [4.69, 9.17) is 5.11 Å². The number of carbonyl (C=O) groups is 1. The fourth-order valence-corrected chi connectivity index (χ4v) is 2.62. The summed E-state index contributed by atoms with van der Waals surface area (Å²) in [5.41, 5.74) is 0. The molecule has 0 saturated carbocycles. The average molecular weight is 242 g/mol. The van der Waals surface area contributed by atoms with Crippen LogP contribution in [0.1, 0.15) is 33.6 Å². The highest BCUT2D eigenvalue weighted by Gasteiger charge is 2.29. The number of aliphatic carboxylic acids is 1. The van der Waals surface area contributed by atoms with Gasteiger partial charge in [0.25, 0.3) is 0 Å². The van der Waals surface area contributed by atoms with Crippen molar-refractivity contribution in [2.75, 3.05) is 26.7 Å². The van der Waals surface area contributed by atoms with Crippen LogP contribution < -0.4 is 0 Å². The molecule has 0 aromatic rings. The van der Waals surface area contributed by atoms with Crippen LogP contribution in [0.4, 0.5) is 0 Å². The van der Waals surface area contributed by atoms with E-state index < -0.39 is 5.97 Å². The smallest absolute Gasteiger partial charge is 0.304 e. The Balaban J connectivity index is 2.77. The first-order chi connectivity index (χ1) is 7.90. The summed E-state index contributed by atoms with van der Waals surface area (Å²) < 4.78 is 0. The third-order valence-electron chi connectivity index (χ3n) is 3.47. The van der Waals surface area contributed by atoms with Gasteiger partial charge in [-0.1, -0.05) is 13.8 Å². The standard InChI is InChI=1S/C13H26N2O2/c1-10(2)8-15-11(3)5-6-14(4)9-12(15)7-13(16)17/h10-12H,5-9H2,1-4H3,(H,16,17). The molecule has 0 bridgehead atoms. The summed E-state index contributed by atoms with van der Waals surface area (Å²) in [4.78, 5) is 15.6. The molecule has 1 N–H and O–H groups in total. The quantitative estimate of drug-likeness (QED) is 0.811. The number of carboxylic acid groups (broad SMARTS) is 1. The van der Waals surface area contributed by atoms with Gasteiger partial charge in [-0.2, -0.15) is 0 Å². The van der Waals surface area contributed by atoms with Crippen LogP contribution in [-0.4, -0.2) is 59.6 Å². The van der Waals surface area contributed by atoms with Crippen LogP contribution in [0.15, 0.2) is 0 Å². The zero-order valence-corrected chi connectivity index (χ0v) is 11.5. The summed E-state index contributed by atoms with van der Waals surface area (Å²) in [6, 6.07) is 0.629. The lowest BCUT2D eigenvalue weighted by Crippen LogP contribution is -2.46. The van der Waals surface area contributed by atoms with E-state index in [-0.39, 0.29) is 12.5 Å². The Bertz CT molecular complexity index is 256. The summed E-state index contributed by atoms with van der Waals surface area (Å²) in [7, 11) is 2.08. The van der Waals surface area contributed by atoms with Gasteiger partial charge in [-0.05, 0) is 32.9 Å². The SMILES string of the molecule is CC(C)CN1C(C)CCN(C)CC1CC(=O)O. The molecule has 100 valence electrons. The van der Waals surface area contributed by atoms with Crippen molar-refractivity contribution < 1.29 is 9.90 Å². The molecule has 1 saturated heterocycles. The molecule has 0 aliphatic carbocycles. The number of carboxylic acids is 1. The Kier molecular flexibility index (Phi) is 5.40. The van der Waals surface area contributed by atoms with E-state index in [1.807, 2.05) is 0 Å². The topological polar surface area (TPSA) is 43.8 Å². The van der Waals surface area contributed by atoms with Crippen LogP contribution in [0.3, 0.4) is 0 Å². The molecule has 17 heavy (non-hydrogen) atoms. The van der Waals surface area contributed by atoms with Crippen molar-refractivity contribution in [3.8, 4) is 0 Å². The van der Waals surface area contributed by atoms with Crippen molar-refractivity contribution in [2.45, 2.75) is 45.7 Å². The molecule has 4 heteroatoms. The predicted molar refractivity (Wildman–Crippen MR) is 69.2 cm³/mol. The second-order valence-electron chi connectivity index (χ2n) is 5.74. The molecule has 2 atom stereocenters. The number of hydrogen-bond acceptors (Lipinski definition) is 3. The van der Waals surface area contributed by atoms with Crippen molar-refractivity contribution in [2.24, 2.45) is 5.92 Å². The van der Waals surface area contributed by atoms with Gasteiger partial charge in [0, 0.05) is 25.2 Å². The van der Waals surface area contributed by atoms with Gasteiger partial charge < -0.3 is 10.0 Å². The van der Waals surface area contributed by atoms with Gasteiger partial charge in [0.2, 0.25) is 0 Å². The van der Waals surface area contributed by atoms with E-state index >= 15 is 0 Å². The molecular formula is C13H26N2O2. The number of hydrogen-bond donors (Lipinski definition) is 1. The van der Waals surface area contributed by atoms with E-state index in [1.165, 1.54) is 0 Å². The maximum atomic E-state index is 11.0. The van der Waals surface area contributed by atoms with Gasteiger partial charge >= 0.3 is 5.97 Å². The Labute approximate surface area is 105 Å². The van der Waals surface area contributed by atoms with E-state index in [2.05, 4.69) is 37.6 Å². The Morgan fingerprint density at radius 1 is 1.47 bits per heavy atom. The van der Waals surface area contributed by atoms with E-state index in [9.17, 15) is 4.79 Å². The summed E-state index contributed by atoms with van der Waals surface area (Å²) in [6.45, 7) is 9.52.